The van der Waals surface area contributed by atoms with E-state index in [9.17, 15) is 13.2 Å². The zero-order chi connectivity index (χ0) is 12.2. The third-order valence-electron chi connectivity index (χ3n) is 4.15. The Balaban J connectivity index is 1.57. The number of hydrogen-bond acceptors (Lipinski definition) is 4. The van der Waals surface area contributed by atoms with Crippen molar-refractivity contribution in [2.24, 2.45) is 17.6 Å². The minimum atomic E-state index is -2.92. The van der Waals surface area contributed by atoms with Gasteiger partial charge in [0, 0.05) is 32.2 Å². The average Bonchev–Trinajstić information content (AvgIpc) is 2.75. The maximum atomic E-state index is 12.1. The molecule has 1 saturated carbocycles. The summed E-state index contributed by atoms with van der Waals surface area (Å²) in [5, 5.41) is 0. The summed E-state index contributed by atoms with van der Waals surface area (Å²) >= 11 is 0. The Kier molecular flexibility index (Phi) is 2.38. The van der Waals surface area contributed by atoms with Crippen LogP contribution in [0.5, 0.6) is 0 Å². The molecule has 3 atom stereocenters. The van der Waals surface area contributed by atoms with Crippen molar-refractivity contribution in [3.63, 3.8) is 0 Å². The third-order valence-corrected chi connectivity index (χ3v) is 5.75. The Morgan fingerprint density at radius 3 is 2.12 bits per heavy atom. The Hall–Kier alpha value is -0.820. The Morgan fingerprint density at radius 2 is 1.59 bits per heavy atom. The molecule has 3 rings (SSSR count). The summed E-state index contributed by atoms with van der Waals surface area (Å²) in [4.78, 5) is 15.6. The van der Waals surface area contributed by atoms with E-state index in [1.807, 2.05) is 4.90 Å². The molecule has 7 heteroatoms. The third kappa shape index (κ3) is 1.91. The average molecular weight is 259 g/mol. The minimum absolute atomic E-state index is 0.0145. The molecule has 0 radical (unpaired) electrons. The fourth-order valence-electron chi connectivity index (χ4n) is 2.83. The molecule has 6 nitrogen and oxygen atoms in total. The van der Waals surface area contributed by atoms with E-state index in [0.29, 0.717) is 24.9 Å². The Bertz CT molecular complexity index is 424. The van der Waals surface area contributed by atoms with Gasteiger partial charge < -0.3 is 15.5 Å². The van der Waals surface area contributed by atoms with Gasteiger partial charge in [0.2, 0.25) is 0 Å². The highest BCUT2D eigenvalue weighted by Gasteiger charge is 2.55. The maximum absolute atomic E-state index is 12.1. The lowest BCUT2D eigenvalue weighted by atomic mass is 10.4. The molecule has 0 aromatic rings. The summed E-state index contributed by atoms with van der Waals surface area (Å²) in [6.07, 6.45) is 0. The number of rotatable bonds is 0. The van der Waals surface area contributed by atoms with Crippen LogP contribution in [0, 0.1) is 11.8 Å². The number of hydrogen-bond donors (Lipinski definition) is 1. The van der Waals surface area contributed by atoms with Crippen molar-refractivity contribution in [3.05, 3.63) is 0 Å². The van der Waals surface area contributed by atoms with E-state index in [1.54, 1.807) is 4.90 Å². The molecule has 0 spiro atoms. The Morgan fingerprint density at radius 1 is 1.06 bits per heavy atom. The number of urea groups is 1. The first-order valence-electron chi connectivity index (χ1n) is 5.98. The van der Waals surface area contributed by atoms with Crippen molar-refractivity contribution in [1.29, 1.82) is 0 Å². The van der Waals surface area contributed by atoms with E-state index in [2.05, 4.69) is 0 Å². The standard InChI is InChI=1S/C10H17N3O3S/c11-9-7-5-13(6-8(7)9)10(14)12-1-3-17(15,16)4-2-12/h7-9H,1-6,11H2/t7-,8+,9?. The van der Waals surface area contributed by atoms with Gasteiger partial charge in [0.25, 0.3) is 0 Å². The lowest BCUT2D eigenvalue weighted by Gasteiger charge is -2.31. The number of fused-ring (bicyclic) bond motifs is 1. The Labute approximate surface area is 101 Å². The zero-order valence-electron chi connectivity index (χ0n) is 9.58. The van der Waals surface area contributed by atoms with E-state index >= 15 is 0 Å². The smallest absolute Gasteiger partial charge is 0.320 e. The highest BCUT2D eigenvalue weighted by atomic mass is 32.2. The summed E-state index contributed by atoms with van der Waals surface area (Å²) in [5.41, 5.74) is 5.82. The van der Waals surface area contributed by atoms with E-state index in [4.69, 9.17) is 5.73 Å². The van der Waals surface area contributed by atoms with E-state index in [0.717, 1.165) is 13.1 Å². The van der Waals surface area contributed by atoms with Gasteiger partial charge in [-0.05, 0) is 11.8 Å². The molecule has 0 aromatic heterocycles. The quantitative estimate of drug-likeness (QED) is 0.587. The first kappa shape index (κ1) is 11.3. The van der Waals surface area contributed by atoms with Crippen LogP contribution >= 0.6 is 0 Å². The second-order valence-electron chi connectivity index (χ2n) is 5.23. The molecule has 2 amide bonds. The van der Waals surface area contributed by atoms with Crippen molar-refractivity contribution >= 4 is 15.9 Å². The number of carbonyl (C=O) groups is 1. The predicted octanol–water partition coefficient (Wildman–Crippen LogP) is -1.27. The van der Waals surface area contributed by atoms with E-state index in [-0.39, 0.29) is 23.6 Å². The molecule has 96 valence electrons. The molecular formula is C10H17N3O3S. The zero-order valence-corrected chi connectivity index (χ0v) is 10.4. The first-order chi connectivity index (χ1) is 7.98. The van der Waals surface area contributed by atoms with Crippen LogP contribution in [0.25, 0.3) is 0 Å². The van der Waals surface area contributed by atoms with Crippen molar-refractivity contribution in [2.75, 3.05) is 37.7 Å². The normalized spacial score (nSPS) is 39.0. The lowest BCUT2D eigenvalue weighted by Crippen LogP contribution is -2.50. The summed E-state index contributed by atoms with van der Waals surface area (Å²) in [6.45, 7) is 2.15. The largest absolute Gasteiger partial charge is 0.327 e. The SMILES string of the molecule is NC1[C@H]2CN(C(=O)N3CCS(=O)(=O)CC3)C[C@@H]12. The highest BCUT2D eigenvalue weighted by molar-refractivity contribution is 7.91. The van der Waals surface area contributed by atoms with Crippen LogP contribution in [-0.4, -0.2) is 68.0 Å². The topological polar surface area (TPSA) is 83.7 Å². The molecule has 2 aliphatic heterocycles. The first-order valence-corrected chi connectivity index (χ1v) is 7.80. The molecule has 3 fully saturated rings. The molecule has 17 heavy (non-hydrogen) atoms. The lowest BCUT2D eigenvalue weighted by molar-refractivity contribution is 0.161. The number of nitrogens with two attached hydrogens (primary N) is 1. The van der Waals surface area contributed by atoms with Crippen molar-refractivity contribution in [1.82, 2.24) is 9.80 Å². The molecule has 0 aromatic carbocycles. The van der Waals surface area contributed by atoms with E-state index in [1.165, 1.54) is 0 Å². The number of amides is 2. The van der Waals surface area contributed by atoms with Crippen LogP contribution in [0.2, 0.25) is 0 Å². The summed E-state index contributed by atoms with van der Waals surface area (Å²) in [6, 6.07) is 0.264. The number of nitrogens with zero attached hydrogens (tertiary/aromatic N) is 2. The summed E-state index contributed by atoms with van der Waals surface area (Å²) in [7, 11) is -2.92. The fourth-order valence-corrected chi connectivity index (χ4v) is 4.03. The van der Waals surface area contributed by atoms with Crippen LogP contribution in [-0.2, 0) is 9.84 Å². The molecule has 1 aliphatic carbocycles. The summed E-state index contributed by atoms with van der Waals surface area (Å²) < 4.78 is 22.5. The molecule has 2 saturated heterocycles. The monoisotopic (exact) mass is 259 g/mol. The van der Waals surface area contributed by atoms with E-state index < -0.39 is 9.84 Å². The summed E-state index contributed by atoms with van der Waals surface area (Å²) in [5.74, 6) is 1.15. The van der Waals surface area contributed by atoms with Crippen LogP contribution in [0.15, 0.2) is 0 Å². The van der Waals surface area contributed by atoms with Crippen molar-refractivity contribution < 1.29 is 13.2 Å². The van der Waals surface area contributed by atoms with Crippen molar-refractivity contribution in [2.45, 2.75) is 6.04 Å². The number of piperidine rings is 1. The second-order valence-corrected chi connectivity index (χ2v) is 7.54. The van der Waals surface area contributed by atoms with Gasteiger partial charge in [0.15, 0.2) is 9.84 Å². The molecule has 2 heterocycles. The highest BCUT2D eigenvalue weighted by Crippen LogP contribution is 2.43. The number of carbonyl (C=O) groups excluding carboxylic acids is 1. The van der Waals surface area contributed by atoms with Gasteiger partial charge in [-0.25, -0.2) is 13.2 Å². The maximum Gasteiger partial charge on any atom is 0.320 e. The van der Waals surface area contributed by atoms with Gasteiger partial charge in [0.1, 0.15) is 0 Å². The molecular weight excluding hydrogens is 242 g/mol. The van der Waals surface area contributed by atoms with Gasteiger partial charge in [0.05, 0.1) is 11.5 Å². The molecule has 3 aliphatic rings. The van der Waals surface area contributed by atoms with Crippen LogP contribution in [0.3, 0.4) is 0 Å². The van der Waals surface area contributed by atoms with Gasteiger partial charge in [-0.1, -0.05) is 0 Å². The molecule has 1 unspecified atom stereocenters. The predicted molar refractivity (Wildman–Crippen MR) is 62.2 cm³/mol. The van der Waals surface area contributed by atoms with Crippen molar-refractivity contribution in [3.8, 4) is 0 Å². The number of sulfone groups is 1. The van der Waals surface area contributed by atoms with Crippen LogP contribution < -0.4 is 5.73 Å². The van der Waals surface area contributed by atoms with Gasteiger partial charge in [-0.15, -0.1) is 0 Å². The van der Waals surface area contributed by atoms with Gasteiger partial charge in [-0.3, -0.25) is 0 Å². The van der Waals surface area contributed by atoms with Gasteiger partial charge in [-0.2, -0.15) is 0 Å². The number of likely N-dealkylation sites (tertiary alicyclic amines) is 1. The van der Waals surface area contributed by atoms with Crippen LogP contribution in [0.4, 0.5) is 4.79 Å². The molecule has 2 N–H and O–H groups in total. The van der Waals surface area contributed by atoms with Gasteiger partial charge >= 0.3 is 6.03 Å². The fraction of sp³-hybridized carbons (Fsp3) is 0.900. The second kappa shape index (κ2) is 3.58. The molecule has 0 bridgehead atoms. The van der Waals surface area contributed by atoms with Crippen LogP contribution in [0.1, 0.15) is 0 Å². The minimum Gasteiger partial charge on any atom is -0.327 e.